The van der Waals surface area contributed by atoms with Gasteiger partial charge in [0.15, 0.2) is 5.76 Å². The number of pyridine rings is 1. The van der Waals surface area contributed by atoms with Crippen LogP contribution in [0.1, 0.15) is 28.8 Å². The first-order valence-electron chi connectivity index (χ1n) is 9.96. The number of likely N-dealkylation sites (tertiary alicyclic amines) is 1. The molecule has 32 heavy (non-hydrogen) atoms. The van der Waals surface area contributed by atoms with E-state index >= 15 is 0 Å². The van der Waals surface area contributed by atoms with Gasteiger partial charge in [0.1, 0.15) is 22.9 Å². The van der Waals surface area contributed by atoms with Gasteiger partial charge in [-0.25, -0.2) is 9.37 Å². The minimum absolute atomic E-state index is 0.0561. The van der Waals surface area contributed by atoms with Crippen LogP contribution in [-0.4, -0.2) is 31.1 Å². The first-order chi connectivity index (χ1) is 15.5. The second-order valence-corrected chi connectivity index (χ2v) is 7.50. The number of benzene rings is 1. The van der Waals surface area contributed by atoms with E-state index in [9.17, 15) is 19.1 Å². The third-order valence-corrected chi connectivity index (χ3v) is 5.57. The van der Waals surface area contributed by atoms with Crippen LogP contribution in [0.3, 0.4) is 0 Å². The summed E-state index contributed by atoms with van der Waals surface area (Å²) in [6.45, 7) is 1.64. The number of rotatable bonds is 4. The van der Waals surface area contributed by atoms with E-state index in [1.165, 1.54) is 29.4 Å². The maximum absolute atomic E-state index is 14.9. The summed E-state index contributed by atoms with van der Waals surface area (Å²) < 4.78 is 21.8. The number of halogens is 1. The van der Waals surface area contributed by atoms with E-state index in [2.05, 4.69) is 4.98 Å². The Morgan fingerprint density at radius 3 is 2.66 bits per heavy atom. The minimum Gasteiger partial charge on any atom is -0.505 e. The van der Waals surface area contributed by atoms with Crippen LogP contribution in [0.15, 0.2) is 77.0 Å². The van der Waals surface area contributed by atoms with Crippen molar-refractivity contribution in [3.8, 4) is 0 Å². The van der Waals surface area contributed by atoms with Gasteiger partial charge in [-0.15, -0.1) is 0 Å². The number of carbonyl (C=O) groups is 2. The number of ketones is 1. The van der Waals surface area contributed by atoms with Crippen LogP contribution in [0.4, 0.5) is 4.39 Å². The topological polar surface area (TPSA) is 88.0 Å². The number of imidazole rings is 1. The fourth-order valence-corrected chi connectivity index (χ4v) is 4.16. The van der Waals surface area contributed by atoms with Crippen molar-refractivity contribution in [2.24, 2.45) is 0 Å². The molecule has 4 heterocycles. The Balaban J connectivity index is 1.75. The van der Waals surface area contributed by atoms with Gasteiger partial charge in [0, 0.05) is 11.8 Å². The van der Waals surface area contributed by atoms with Gasteiger partial charge >= 0.3 is 0 Å². The van der Waals surface area contributed by atoms with Crippen molar-refractivity contribution in [3.05, 3.63) is 101 Å². The summed E-state index contributed by atoms with van der Waals surface area (Å²) in [5.74, 6) is -2.31. The number of nitrogens with zero attached hydrogens (tertiary/aromatic N) is 3. The Morgan fingerprint density at radius 1 is 1.12 bits per heavy atom. The van der Waals surface area contributed by atoms with Crippen LogP contribution in [0, 0.1) is 12.7 Å². The molecule has 0 bridgehead atoms. The average Bonchev–Trinajstić information content (AvgIpc) is 3.47. The number of aliphatic hydroxyl groups is 1. The number of carbonyl (C=O) groups excluding carboxylic acids is 2. The standard InChI is InChI=1S/C24H18FN3O4/c1-14-20(27-11-5-4-10-18(27)26-14)22(29)19-21(16-8-2-3-9-17(16)25)28(24(31)23(19)30)13-15-7-6-12-32-15/h2-12,21,29H,13H2,1H3. The third kappa shape index (κ3) is 2.99. The summed E-state index contributed by atoms with van der Waals surface area (Å²) >= 11 is 0. The van der Waals surface area contributed by atoms with E-state index in [1.54, 1.807) is 53.9 Å². The number of aromatic nitrogens is 2. The number of aliphatic hydroxyl groups excluding tert-OH is 1. The summed E-state index contributed by atoms with van der Waals surface area (Å²) in [5.41, 5.74) is 1.22. The molecule has 1 atom stereocenters. The van der Waals surface area contributed by atoms with Crippen molar-refractivity contribution >= 4 is 23.1 Å². The van der Waals surface area contributed by atoms with E-state index in [-0.39, 0.29) is 23.4 Å². The summed E-state index contributed by atoms with van der Waals surface area (Å²) in [6.07, 6.45) is 3.15. The maximum Gasteiger partial charge on any atom is 0.296 e. The van der Waals surface area contributed by atoms with Crippen molar-refractivity contribution in [1.82, 2.24) is 14.3 Å². The normalized spacial score (nSPS) is 18.1. The SMILES string of the molecule is Cc1nc2ccccn2c1C(O)=C1C(=O)C(=O)N(Cc2ccco2)C1c1ccccc1F. The Kier molecular flexibility index (Phi) is 4.62. The second kappa shape index (κ2) is 7.49. The van der Waals surface area contributed by atoms with Crippen LogP contribution in [0.2, 0.25) is 0 Å². The number of furan rings is 1. The molecule has 4 aromatic rings. The van der Waals surface area contributed by atoms with Gasteiger partial charge in [-0.1, -0.05) is 24.3 Å². The highest BCUT2D eigenvalue weighted by molar-refractivity contribution is 6.46. The van der Waals surface area contributed by atoms with Crippen LogP contribution in [0.25, 0.3) is 11.4 Å². The zero-order valence-electron chi connectivity index (χ0n) is 17.0. The molecule has 5 rings (SSSR count). The highest BCUT2D eigenvalue weighted by Gasteiger charge is 2.47. The summed E-state index contributed by atoms with van der Waals surface area (Å²) in [4.78, 5) is 31.8. The molecule has 0 spiro atoms. The fourth-order valence-electron chi connectivity index (χ4n) is 4.16. The molecule has 0 saturated carbocycles. The van der Waals surface area contributed by atoms with Crippen LogP contribution in [0.5, 0.6) is 0 Å². The van der Waals surface area contributed by atoms with E-state index < -0.39 is 29.3 Å². The van der Waals surface area contributed by atoms with Crippen LogP contribution >= 0.6 is 0 Å². The first kappa shape index (κ1) is 19.7. The van der Waals surface area contributed by atoms with Crippen molar-refractivity contribution < 1.29 is 23.5 Å². The van der Waals surface area contributed by atoms with Crippen molar-refractivity contribution in [2.45, 2.75) is 19.5 Å². The molecular weight excluding hydrogens is 413 g/mol. The van der Waals surface area contributed by atoms with E-state index in [0.29, 0.717) is 17.1 Å². The smallest absolute Gasteiger partial charge is 0.296 e. The van der Waals surface area contributed by atoms with E-state index in [1.807, 2.05) is 0 Å². The number of hydrogen-bond donors (Lipinski definition) is 1. The van der Waals surface area contributed by atoms with E-state index in [0.717, 1.165) is 0 Å². The number of Topliss-reactive ketones (excluding diaryl/α,β-unsaturated/α-hetero) is 1. The zero-order chi connectivity index (χ0) is 22.4. The summed E-state index contributed by atoms with van der Waals surface area (Å²) in [7, 11) is 0. The lowest BCUT2D eigenvalue weighted by molar-refractivity contribution is -0.140. The summed E-state index contributed by atoms with van der Waals surface area (Å²) in [6, 6.07) is 13.4. The molecule has 1 aliphatic heterocycles. The van der Waals surface area contributed by atoms with Gasteiger partial charge in [-0.05, 0) is 37.3 Å². The predicted octanol–water partition coefficient (Wildman–Crippen LogP) is 4.00. The van der Waals surface area contributed by atoms with Crippen molar-refractivity contribution in [1.29, 1.82) is 0 Å². The molecule has 7 nitrogen and oxygen atoms in total. The number of hydrogen-bond acceptors (Lipinski definition) is 5. The van der Waals surface area contributed by atoms with E-state index in [4.69, 9.17) is 4.42 Å². The van der Waals surface area contributed by atoms with Gasteiger partial charge in [0.2, 0.25) is 0 Å². The largest absolute Gasteiger partial charge is 0.505 e. The van der Waals surface area contributed by atoms with Gasteiger partial charge in [0.05, 0.1) is 30.1 Å². The monoisotopic (exact) mass is 431 g/mol. The highest BCUT2D eigenvalue weighted by Crippen LogP contribution is 2.41. The minimum atomic E-state index is -1.13. The molecule has 8 heteroatoms. The molecule has 1 amide bonds. The van der Waals surface area contributed by atoms with Gasteiger partial charge in [0.25, 0.3) is 11.7 Å². The lowest BCUT2D eigenvalue weighted by Gasteiger charge is -2.24. The first-order valence-corrected chi connectivity index (χ1v) is 9.96. The average molecular weight is 431 g/mol. The van der Waals surface area contributed by atoms with Gasteiger partial charge < -0.3 is 14.4 Å². The number of fused-ring (bicyclic) bond motifs is 1. The molecule has 0 aliphatic carbocycles. The molecule has 1 saturated heterocycles. The van der Waals surface area contributed by atoms with Gasteiger partial charge in [-0.2, -0.15) is 0 Å². The third-order valence-electron chi connectivity index (χ3n) is 5.57. The van der Waals surface area contributed by atoms with Crippen molar-refractivity contribution in [2.75, 3.05) is 0 Å². The molecule has 160 valence electrons. The molecule has 1 N–H and O–H groups in total. The Bertz CT molecular complexity index is 1390. The lowest BCUT2D eigenvalue weighted by Crippen LogP contribution is -2.29. The second-order valence-electron chi connectivity index (χ2n) is 7.50. The number of amides is 1. The van der Waals surface area contributed by atoms with Crippen LogP contribution in [-0.2, 0) is 16.1 Å². The molecule has 1 fully saturated rings. The quantitative estimate of drug-likeness (QED) is 0.300. The number of aryl methyl sites for hydroxylation is 1. The Morgan fingerprint density at radius 2 is 1.91 bits per heavy atom. The van der Waals surface area contributed by atoms with Crippen molar-refractivity contribution in [3.63, 3.8) is 0 Å². The molecule has 3 aromatic heterocycles. The zero-order valence-corrected chi connectivity index (χ0v) is 17.0. The lowest BCUT2D eigenvalue weighted by atomic mass is 9.96. The molecule has 1 aliphatic rings. The molecule has 1 unspecified atom stereocenters. The summed E-state index contributed by atoms with van der Waals surface area (Å²) in [5, 5.41) is 11.3. The molecule has 0 radical (unpaired) electrons. The molecule has 1 aromatic carbocycles. The maximum atomic E-state index is 14.9. The Labute approximate surface area is 182 Å². The highest BCUT2D eigenvalue weighted by atomic mass is 19.1. The predicted molar refractivity (Wildman–Crippen MR) is 113 cm³/mol. The van der Waals surface area contributed by atoms with Crippen LogP contribution < -0.4 is 0 Å². The fraction of sp³-hybridized carbons (Fsp3) is 0.125. The molecular formula is C24H18FN3O4. The van der Waals surface area contributed by atoms with Gasteiger partial charge in [-0.3, -0.25) is 14.0 Å². The Hall–Kier alpha value is -4.20.